The quantitative estimate of drug-likeness (QED) is 0.836. The lowest BCUT2D eigenvalue weighted by molar-refractivity contribution is -0.123. The van der Waals surface area contributed by atoms with E-state index < -0.39 is 6.04 Å². The van der Waals surface area contributed by atoms with Gasteiger partial charge in [-0.2, -0.15) is 5.10 Å². The molecular weight excluding hydrogens is 276 g/mol. The number of amides is 1. The first-order valence-corrected chi connectivity index (χ1v) is 6.90. The van der Waals surface area contributed by atoms with E-state index in [-0.39, 0.29) is 24.2 Å². The molecule has 3 N–H and O–H groups in total. The number of halogens is 1. The molecule has 0 aromatic carbocycles. The average molecular weight is 303 g/mol. The largest absolute Gasteiger partial charge is 0.354 e. The van der Waals surface area contributed by atoms with Crippen LogP contribution < -0.4 is 11.1 Å². The van der Waals surface area contributed by atoms with Crippen molar-refractivity contribution in [3.8, 4) is 0 Å². The molecule has 2 unspecified atom stereocenters. The van der Waals surface area contributed by atoms with Crippen LogP contribution in [0.2, 0.25) is 0 Å². The second kappa shape index (κ2) is 8.27. The lowest BCUT2D eigenvalue weighted by Crippen LogP contribution is -2.45. The lowest BCUT2D eigenvalue weighted by Gasteiger charge is -2.17. The van der Waals surface area contributed by atoms with Gasteiger partial charge in [0.1, 0.15) is 0 Å². The fourth-order valence-corrected chi connectivity index (χ4v) is 2.12. The molecule has 0 bridgehead atoms. The Morgan fingerprint density at radius 3 is 2.50 bits per heavy atom. The van der Waals surface area contributed by atoms with Crippen LogP contribution in [0.4, 0.5) is 0 Å². The van der Waals surface area contributed by atoms with Crippen molar-refractivity contribution in [3.05, 3.63) is 17.0 Å². The third kappa shape index (κ3) is 4.49. The van der Waals surface area contributed by atoms with Gasteiger partial charge in [0.2, 0.25) is 5.91 Å². The molecule has 0 aliphatic heterocycles. The molecule has 0 aliphatic carbocycles. The Hall–Kier alpha value is -1.07. The van der Waals surface area contributed by atoms with Gasteiger partial charge < -0.3 is 11.1 Å². The molecule has 20 heavy (non-hydrogen) atoms. The first kappa shape index (κ1) is 18.9. The third-order valence-electron chi connectivity index (χ3n) is 3.89. The molecule has 0 fully saturated rings. The van der Waals surface area contributed by atoms with Gasteiger partial charge in [0.05, 0.1) is 11.7 Å². The molecule has 0 saturated heterocycles. The zero-order valence-corrected chi connectivity index (χ0v) is 13.9. The smallest absolute Gasteiger partial charge is 0.237 e. The van der Waals surface area contributed by atoms with Gasteiger partial charge in [-0.15, -0.1) is 12.4 Å². The Morgan fingerprint density at radius 2 is 2.05 bits per heavy atom. The summed E-state index contributed by atoms with van der Waals surface area (Å²) in [6, 6.07) is -0.416. The van der Waals surface area contributed by atoms with E-state index in [9.17, 15) is 4.79 Å². The number of carbonyl (C=O) groups is 1. The van der Waals surface area contributed by atoms with Crippen LogP contribution in [0.1, 0.15) is 37.2 Å². The summed E-state index contributed by atoms with van der Waals surface area (Å²) >= 11 is 0. The summed E-state index contributed by atoms with van der Waals surface area (Å²) in [6.45, 7) is 8.69. The van der Waals surface area contributed by atoms with E-state index in [1.807, 2.05) is 39.4 Å². The minimum atomic E-state index is -0.416. The van der Waals surface area contributed by atoms with E-state index in [0.29, 0.717) is 6.54 Å². The molecule has 1 heterocycles. The van der Waals surface area contributed by atoms with Crippen molar-refractivity contribution in [2.45, 2.75) is 46.6 Å². The van der Waals surface area contributed by atoms with Gasteiger partial charge in [-0.3, -0.25) is 9.48 Å². The minimum Gasteiger partial charge on any atom is -0.354 e. The van der Waals surface area contributed by atoms with Crippen LogP contribution in [0.25, 0.3) is 0 Å². The van der Waals surface area contributed by atoms with Gasteiger partial charge in [-0.25, -0.2) is 0 Å². The van der Waals surface area contributed by atoms with Crippen LogP contribution in [0.15, 0.2) is 0 Å². The van der Waals surface area contributed by atoms with Gasteiger partial charge in [-0.05, 0) is 31.7 Å². The highest BCUT2D eigenvalue weighted by Gasteiger charge is 2.19. The second-order valence-electron chi connectivity index (χ2n) is 5.23. The molecule has 0 saturated carbocycles. The summed E-state index contributed by atoms with van der Waals surface area (Å²) in [4.78, 5) is 11.9. The summed E-state index contributed by atoms with van der Waals surface area (Å²) in [6.07, 6.45) is 1.71. The predicted molar refractivity (Wildman–Crippen MR) is 84.1 cm³/mol. The first-order valence-electron chi connectivity index (χ1n) is 6.90. The van der Waals surface area contributed by atoms with Crippen molar-refractivity contribution in [2.75, 3.05) is 6.54 Å². The van der Waals surface area contributed by atoms with Crippen molar-refractivity contribution < 1.29 is 4.79 Å². The molecule has 1 aromatic heterocycles. The number of nitrogens with two attached hydrogens (primary N) is 1. The fraction of sp³-hybridized carbons (Fsp3) is 0.714. The van der Waals surface area contributed by atoms with Gasteiger partial charge in [0.25, 0.3) is 0 Å². The number of aromatic nitrogens is 2. The molecule has 116 valence electrons. The Labute approximate surface area is 127 Å². The topological polar surface area (TPSA) is 72.9 Å². The van der Waals surface area contributed by atoms with Crippen LogP contribution in [-0.4, -0.2) is 28.3 Å². The summed E-state index contributed by atoms with van der Waals surface area (Å²) in [5, 5.41) is 7.27. The van der Waals surface area contributed by atoms with E-state index >= 15 is 0 Å². The number of hydrogen-bond acceptors (Lipinski definition) is 3. The number of nitrogens with one attached hydrogen (secondary N) is 1. The highest BCUT2D eigenvalue weighted by Crippen LogP contribution is 2.12. The highest BCUT2D eigenvalue weighted by atomic mass is 35.5. The van der Waals surface area contributed by atoms with Crippen molar-refractivity contribution in [3.63, 3.8) is 0 Å². The van der Waals surface area contributed by atoms with E-state index in [2.05, 4.69) is 10.4 Å². The normalized spacial score (nSPS) is 13.5. The molecular formula is C14H27ClN4O. The first-order chi connectivity index (χ1) is 8.88. The maximum Gasteiger partial charge on any atom is 0.237 e. The molecule has 5 nitrogen and oxygen atoms in total. The summed E-state index contributed by atoms with van der Waals surface area (Å²) in [5.74, 6) is 0.149. The van der Waals surface area contributed by atoms with E-state index in [0.717, 1.165) is 24.2 Å². The standard InChI is InChI=1S/C14H26N4O.ClH/c1-6-9(2)13(15)14(19)16-8-7-12-10(3)17-18(5)11(12)4;/h9,13H,6-8,15H2,1-5H3,(H,16,19);1H. The number of aryl methyl sites for hydroxylation is 2. The lowest BCUT2D eigenvalue weighted by atomic mass is 9.99. The summed E-state index contributed by atoms with van der Waals surface area (Å²) < 4.78 is 1.87. The van der Waals surface area contributed by atoms with Gasteiger partial charge in [0, 0.05) is 19.3 Å². The molecule has 0 aliphatic rings. The van der Waals surface area contributed by atoms with Crippen molar-refractivity contribution in [1.82, 2.24) is 15.1 Å². The summed E-state index contributed by atoms with van der Waals surface area (Å²) in [7, 11) is 1.93. The Balaban J connectivity index is 0.00000361. The molecule has 2 atom stereocenters. The maximum atomic E-state index is 11.9. The number of nitrogens with zero attached hydrogens (tertiary/aromatic N) is 2. The van der Waals surface area contributed by atoms with E-state index in [1.54, 1.807) is 0 Å². The Kier molecular flexibility index (Phi) is 7.83. The van der Waals surface area contributed by atoms with Crippen LogP contribution >= 0.6 is 12.4 Å². The molecule has 0 radical (unpaired) electrons. The van der Waals surface area contributed by atoms with Crippen molar-refractivity contribution >= 4 is 18.3 Å². The second-order valence-corrected chi connectivity index (χ2v) is 5.23. The average Bonchev–Trinajstić information content (AvgIpc) is 2.62. The Bertz CT molecular complexity index is 445. The van der Waals surface area contributed by atoms with E-state index in [4.69, 9.17) is 5.73 Å². The SMILES string of the molecule is CCC(C)C(N)C(=O)NCCc1c(C)nn(C)c1C.Cl. The van der Waals surface area contributed by atoms with Gasteiger partial charge >= 0.3 is 0 Å². The van der Waals surface area contributed by atoms with Crippen LogP contribution in [-0.2, 0) is 18.3 Å². The summed E-state index contributed by atoms with van der Waals surface area (Å²) in [5.41, 5.74) is 9.27. The zero-order chi connectivity index (χ0) is 14.6. The zero-order valence-electron chi connectivity index (χ0n) is 13.1. The molecule has 1 amide bonds. The highest BCUT2D eigenvalue weighted by molar-refractivity contribution is 5.85. The van der Waals surface area contributed by atoms with Crippen LogP contribution in [0.5, 0.6) is 0 Å². The van der Waals surface area contributed by atoms with Gasteiger partial charge in [0.15, 0.2) is 0 Å². The van der Waals surface area contributed by atoms with Crippen LogP contribution in [0.3, 0.4) is 0 Å². The Morgan fingerprint density at radius 1 is 1.45 bits per heavy atom. The molecule has 0 spiro atoms. The fourth-order valence-electron chi connectivity index (χ4n) is 2.12. The monoisotopic (exact) mass is 302 g/mol. The maximum absolute atomic E-state index is 11.9. The molecule has 6 heteroatoms. The predicted octanol–water partition coefficient (Wildman–Crippen LogP) is 1.49. The van der Waals surface area contributed by atoms with Gasteiger partial charge in [-0.1, -0.05) is 20.3 Å². The molecule has 1 aromatic rings. The number of carbonyl (C=O) groups excluding carboxylic acids is 1. The number of rotatable bonds is 6. The molecule has 1 rings (SSSR count). The number of hydrogen-bond donors (Lipinski definition) is 2. The van der Waals surface area contributed by atoms with Crippen LogP contribution in [0, 0.1) is 19.8 Å². The minimum absolute atomic E-state index is 0. The van der Waals surface area contributed by atoms with E-state index in [1.165, 1.54) is 5.56 Å². The van der Waals surface area contributed by atoms with Crippen molar-refractivity contribution in [2.24, 2.45) is 18.7 Å². The van der Waals surface area contributed by atoms with Crippen molar-refractivity contribution in [1.29, 1.82) is 0 Å². The third-order valence-corrected chi connectivity index (χ3v) is 3.89.